The minimum Gasteiger partial charge on any atom is -0.356 e. The standard InChI is InChI=1S/C22H33N5S/c1-3-21-26-20(17-28-21)16-27-13-10-19(11-14-27)15-25-22(23-2)24-12-9-18-7-5-4-6-8-18/h4-8,17,19H,3,9-16H2,1-2H3,(H2,23,24,25). The van der Waals surface area contributed by atoms with Gasteiger partial charge in [0.15, 0.2) is 5.96 Å². The molecule has 1 aromatic carbocycles. The van der Waals surface area contributed by atoms with Crippen molar-refractivity contribution in [1.82, 2.24) is 20.5 Å². The van der Waals surface area contributed by atoms with Crippen molar-refractivity contribution < 1.29 is 0 Å². The number of aliphatic imine (C=N–C) groups is 1. The van der Waals surface area contributed by atoms with E-state index in [0.29, 0.717) is 5.92 Å². The summed E-state index contributed by atoms with van der Waals surface area (Å²) >= 11 is 1.79. The van der Waals surface area contributed by atoms with Crippen LogP contribution in [0.2, 0.25) is 0 Å². The molecule has 0 atom stereocenters. The van der Waals surface area contributed by atoms with Crippen molar-refractivity contribution >= 4 is 17.3 Å². The van der Waals surface area contributed by atoms with Gasteiger partial charge in [0.25, 0.3) is 0 Å². The van der Waals surface area contributed by atoms with Gasteiger partial charge in [-0.05, 0) is 50.3 Å². The first-order valence-corrected chi connectivity index (χ1v) is 11.3. The fourth-order valence-corrected chi connectivity index (χ4v) is 4.33. The first kappa shape index (κ1) is 20.8. The molecule has 1 saturated heterocycles. The molecule has 0 unspecified atom stereocenters. The number of rotatable bonds is 8. The lowest BCUT2D eigenvalue weighted by atomic mass is 9.97. The molecule has 28 heavy (non-hydrogen) atoms. The lowest BCUT2D eigenvalue weighted by molar-refractivity contribution is 0.176. The fourth-order valence-electron chi connectivity index (χ4n) is 3.59. The number of likely N-dealkylation sites (tertiary alicyclic amines) is 1. The maximum Gasteiger partial charge on any atom is 0.190 e. The highest BCUT2D eigenvalue weighted by Gasteiger charge is 2.20. The molecule has 1 aliphatic rings. The van der Waals surface area contributed by atoms with Gasteiger partial charge in [-0.1, -0.05) is 37.3 Å². The number of benzene rings is 1. The molecular weight excluding hydrogens is 366 g/mol. The predicted octanol–water partition coefficient (Wildman–Crippen LogP) is 3.33. The number of hydrogen-bond donors (Lipinski definition) is 2. The van der Waals surface area contributed by atoms with E-state index in [0.717, 1.165) is 51.5 Å². The molecule has 1 fully saturated rings. The third kappa shape index (κ3) is 6.60. The van der Waals surface area contributed by atoms with Crippen LogP contribution in [0.1, 0.15) is 36.0 Å². The minimum absolute atomic E-state index is 0.713. The molecule has 3 rings (SSSR count). The minimum atomic E-state index is 0.713. The molecule has 5 nitrogen and oxygen atoms in total. The summed E-state index contributed by atoms with van der Waals surface area (Å²) in [7, 11) is 1.85. The summed E-state index contributed by atoms with van der Waals surface area (Å²) in [5.74, 6) is 1.62. The van der Waals surface area contributed by atoms with Gasteiger partial charge in [0, 0.05) is 32.1 Å². The molecule has 6 heteroatoms. The third-order valence-electron chi connectivity index (χ3n) is 5.33. The quantitative estimate of drug-likeness (QED) is 0.528. The Hall–Kier alpha value is -1.92. The monoisotopic (exact) mass is 399 g/mol. The zero-order valence-electron chi connectivity index (χ0n) is 17.2. The lowest BCUT2D eigenvalue weighted by Gasteiger charge is -2.31. The van der Waals surface area contributed by atoms with E-state index in [4.69, 9.17) is 4.98 Å². The zero-order valence-corrected chi connectivity index (χ0v) is 18.0. The molecule has 0 spiro atoms. The van der Waals surface area contributed by atoms with Crippen LogP contribution in [0.25, 0.3) is 0 Å². The molecule has 0 bridgehead atoms. The van der Waals surface area contributed by atoms with E-state index in [1.54, 1.807) is 11.3 Å². The SMILES string of the molecule is CCc1nc(CN2CCC(CNC(=NC)NCCc3ccccc3)CC2)cs1. The normalized spacial score (nSPS) is 16.3. The summed E-state index contributed by atoms with van der Waals surface area (Å²) in [5.41, 5.74) is 2.59. The van der Waals surface area contributed by atoms with Crippen molar-refractivity contribution in [3.63, 3.8) is 0 Å². The number of piperidine rings is 1. The largest absolute Gasteiger partial charge is 0.356 e. The van der Waals surface area contributed by atoms with Gasteiger partial charge < -0.3 is 10.6 Å². The van der Waals surface area contributed by atoms with Crippen molar-refractivity contribution in [1.29, 1.82) is 0 Å². The predicted molar refractivity (Wildman–Crippen MR) is 119 cm³/mol. The first-order chi connectivity index (χ1) is 13.8. The maximum absolute atomic E-state index is 4.70. The maximum atomic E-state index is 4.70. The molecule has 1 aromatic heterocycles. The van der Waals surface area contributed by atoms with Crippen LogP contribution in [0.5, 0.6) is 0 Å². The average molecular weight is 400 g/mol. The van der Waals surface area contributed by atoms with E-state index in [2.05, 4.69) is 63.2 Å². The van der Waals surface area contributed by atoms with E-state index in [1.807, 2.05) is 7.05 Å². The number of thiazole rings is 1. The first-order valence-electron chi connectivity index (χ1n) is 10.4. The van der Waals surface area contributed by atoms with Crippen molar-refractivity contribution in [3.05, 3.63) is 52.0 Å². The summed E-state index contributed by atoms with van der Waals surface area (Å²) < 4.78 is 0. The highest BCUT2D eigenvalue weighted by atomic mass is 32.1. The van der Waals surface area contributed by atoms with E-state index in [-0.39, 0.29) is 0 Å². The highest BCUT2D eigenvalue weighted by molar-refractivity contribution is 7.09. The third-order valence-corrected chi connectivity index (χ3v) is 6.37. The summed E-state index contributed by atoms with van der Waals surface area (Å²) in [5, 5.41) is 10.4. The van der Waals surface area contributed by atoms with Crippen LogP contribution >= 0.6 is 11.3 Å². The Morgan fingerprint density at radius 2 is 2.00 bits per heavy atom. The number of nitrogens with zero attached hydrogens (tertiary/aromatic N) is 3. The molecule has 1 aliphatic heterocycles. The Morgan fingerprint density at radius 1 is 1.21 bits per heavy atom. The molecule has 0 saturated carbocycles. The summed E-state index contributed by atoms with van der Waals surface area (Å²) in [6.07, 6.45) is 4.52. The Bertz CT molecular complexity index is 720. The van der Waals surface area contributed by atoms with Gasteiger partial charge in [0.2, 0.25) is 0 Å². The van der Waals surface area contributed by atoms with Crippen molar-refractivity contribution in [2.75, 3.05) is 33.2 Å². The summed E-state index contributed by atoms with van der Waals surface area (Å²) in [4.78, 5) is 11.6. The molecule has 0 amide bonds. The number of nitrogens with one attached hydrogen (secondary N) is 2. The molecule has 2 N–H and O–H groups in total. The molecule has 0 aliphatic carbocycles. The van der Waals surface area contributed by atoms with Crippen LogP contribution in [0.3, 0.4) is 0 Å². The molecule has 152 valence electrons. The average Bonchev–Trinajstić information content (AvgIpc) is 3.20. The van der Waals surface area contributed by atoms with Gasteiger partial charge in [-0.15, -0.1) is 11.3 Å². The van der Waals surface area contributed by atoms with E-state index in [9.17, 15) is 0 Å². The van der Waals surface area contributed by atoms with Crippen LogP contribution < -0.4 is 10.6 Å². The number of hydrogen-bond acceptors (Lipinski definition) is 4. The van der Waals surface area contributed by atoms with Gasteiger partial charge in [-0.25, -0.2) is 4.98 Å². The highest BCUT2D eigenvalue weighted by Crippen LogP contribution is 2.19. The van der Waals surface area contributed by atoms with Crippen LogP contribution in [0, 0.1) is 5.92 Å². The van der Waals surface area contributed by atoms with E-state index in [1.165, 1.54) is 29.1 Å². The second-order valence-corrected chi connectivity index (χ2v) is 8.36. The van der Waals surface area contributed by atoms with Gasteiger partial charge >= 0.3 is 0 Å². The molecule has 2 heterocycles. The van der Waals surface area contributed by atoms with Crippen LogP contribution in [0.4, 0.5) is 0 Å². The number of aryl methyl sites for hydroxylation is 1. The number of aromatic nitrogens is 1. The Labute approximate surface area is 173 Å². The van der Waals surface area contributed by atoms with E-state index < -0.39 is 0 Å². The van der Waals surface area contributed by atoms with Crippen molar-refractivity contribution in [2.24, 2.45) is 10.9 Å². The lowest BCUT2D eigenvalue weighted by Crippen LogP contribution is -2.43. The Kier molecular flexibility index (Phi) is 8.30. The summed E-state index contributed by atoms with van der Waals surface area (Å²) in [6, 6.07) is 10.6. The van der Waals surface area contributed by atoms with Crippen molar-refractivity contribution in [3.8, 4) is 0 Å². The van der Waals surface area contributed by atoms with Crippen LogP contribution in [0.15, 0.2) is 40.7 Å². The van der Waals surface area contributed by atoms with E-state index >= 15 is 0 Å². The number of guanidine groups is 1. The second kappa shape index (κ2) is 11.2. The van der Waals surface area contributed by atoms with Gasteiger partial charge in [-0.3, -0.25) is 9.89 Å². The second-order valence-electron chi connectivity index (χ2n) is 7.42. The summed E-state index contributed by atoms with van der Waals surface area (Å²) in [6.45, 7) is 7.38. The van der Waals surface area contributed by atoms with Gasteiger partial charge in [0.05, 0.1) is 10.7 Å². The van der Waals surface area contributed by atoms with Crippen molar-refractivity contribution in [2.45, 2.75) is 39.2 Å². The van der Waals surface area contributed by atoms with Gasteiger partial charge in [0.1, 0.15) is 0 Å². The molecular formula is C22H33N5S. The molecule has 2 aromatic rings. The molecule has 0 radical (unpaired) electrons. The van der Waals surface area contributed by atoms with Crippen LogP contribution in [-0.2, 0) is 19.4 Å². The Morgan fingerprint density at radius 3 is 2.68 bits per heavy atom. The van der Waals surface area contributed by atoms with Crippen LogP contribution in [-0.4, -0.2) is 49.1 Å². The topological polar surface area (TPSA) is 52.6 Å². The fraction of sp³-hybridized carbons (Fsp3) is 0.545. The Balaban J connectivity index is 1.32. The smallest absolute Gasteiger partial charge is 0.190 e. The zero-order chi connectivity index (χ0) is 19.6. The van der Waals surface area contributed by atoms with Gasteiger partial charge in [-0.2, -0.15) is 0 Å².